The summed E-state index contributed by atoms with van der Waals surface area (Å²) in [6, 6.07) is 11.4. The summed E-state index contributed by atoms with van der Waals surface area (Å²) < 4.78 is 17.8. The van der Waals surface area contributed by atoms with Gasteiger partial charge in [-0.15, -0.1) is 0 Å². The van der Waals surface area contributed by atoms with Gasteiger partial charge in [-0.25, -0.2) is 9.18 Å². The molecule has 0 amide bonds. The zero-order valence-corrected chi connectivity index (χ0v) is 20.6. The van der Waals surface area contributed by atoms with Crippen molar-refractivity contribution in [1.82, 2.24) is 19.3 Å². The second kappa shape index (κ2) is 8.94. The minimum atomic E-state index is -0.501. The Kier molecular flexibility index (Phi) is 5.57. The standard InChI is InChI=1S/C27H22ClFN6O2/c1-33-8-9-35(27(33)37)24-3-2-16(10-22(24)28)19-13-18(29)14-20(26(19)36)17-11-23-21(15-31-32-23)25(12-17)34-6-4-30-5-7-34/h2-4,8-15,36H,5-7H2,1H3,(H,31,32). The van der Waals surface area contributed by atoms with Crippen LogP contribution in [0.1, 0.15) is 0 Å². The van der Waals surface area contributed by atoms with Crippen molar-refractivity contribution in [3.05, 3.63) is 82.4 Å². The fourth-order valence-corrected chi connectivity index (χ4v) is 5.01. The molecule has 3 aromatic carbocycles. The molecular formula is C27H22ClFN6O2. The van der Waals surface area contributed by atoms with Crippen LogP contribution in [0.5, 0.6) is 5.75 Å². The van der Waals surface area contributed by atoms with Crippen LogP contribution < -0.4 is 10.6 Å². The number of nitrogens with one attached hydrogen (secondary N) is 1. The number of phenols is 1. The van der Waals surface area contributed by atoms with E-state index in [1.165, 1.54) is 21.3 Å². The van der Waals surface area contributed by atoms with Gasteiger partial charge in [0.05, 0.1) is 35.5 Å². The molecule has 10 heteroatoms. The monoisotopic (exact) mass is 516 g/mol. The van der Waals surface area contributed by atoms with Gasteiger partial charge < -0.3 is 14.6 Å². The number of halogens is 2. The van der Waals surface area contributed by atoms with Crippen molar-refractivity contribution in [3.63, 3.8) is 0 Å². The Balaban J connectivity index is 1.47. The van der Waals surface area contributed by atoms with Crippen molar-refractivity contribution in [3.8, 4) is 33.7 Å². The Hall–Kier alpha value is -4.37. The molecule has 2 aromatic heterocycles. The van der Waals surface area contributed by atoms with Crippen molar-refractivity contribution < 1.29 is 9.50 Å². The average Bonchev–Trinajstić information content (AvgIpc) is 3.51. The van der Waals surface area contributed by atoms with E-state index in [2.05, 4.69) is 20.1 Å². The summed E-state index contributed by atoms with van der Waals surface area (Å²) in [5.74, 6) is -0.578. The van der Waals surface area contributed by atoms with Crippen molar-refractivity contribution in [2.75, 3.05) is 24.5 Å². The minimum Gasteiger partial charge on any atom is -0.507 e. The van der Waals surface area contributed by atoms with E-state index in [1.54, 1.807) is 43.8 Å². The molecule has 0 aliphatic carbocycles. The molecule has 186 valence electrons. The summed E-state index contributed by atoms with van der Waals surface area (Å²) in [4.78, 5) is 18.8. The highest BCUT2D eigenvalue weighted by molar-refractivity contribution is 6.32. The molecule has 1 aliphatic heterocycles. The van der Waals surface area contributed by atoms with Crippen molar-refractivity contribution >= 4 is 34.4 Å². The van der Waals surface area contributed by atoms with E-state index in [0.717, 1.165) is 23.1 Å². The van der Waals surface area contributed by atoms with Gasteiger partial charge in [0, 0.05) is 54.4 Å². The summed E-state index contributed by atoms with van der Waals surface area (Å²) in [5, 5.41) is 19.8. The van der Waals surface area contributed by atoms with Crippen LogP contribution in [0.25, 0.3) is 38.8 Å². The normalized spacial score (nSPS) is 13.5. The molecule has 3 heterocycles. The summed E-state index contributed by atoms with van der Waals surface area (Å²) in [6.07, 6.45) is 6.90. The number of H-pyrrole nitrogens is 1. The van der Waals surface area contributed by atoms with Gasteiger partial charge >= 0.3 is 5.69 Å². The number of aryl methyl sites for hydroxylation is 1. The number of nitrogens with zero attached hydrogens (tertiary/aromatic N) is 5. The molecule has 0 fully saturated rings. The average molecular weight is 517 g/mol. The van der Waals surface area contributed by atoms with Crippen LogP contribution in [0.4, 0.5) is 10.1 Å². The largest absolute Gasteiger partial charge is 0.507 e. The fraction of sp³-hybridized carbons (Fsp3) is 0.148. The number of hydrogen-bond donors (Lipinski definition) is 2. The van der Waals surface area contributed by atoms with E-state index in [-0.39, 0.29) is 11.4 Å². The number of aromatic amines is 1. The highest BCUT2D eigenvalue weighted by Crippen LogP contribution is 2.42. The SMILES string of the molecule is Cn1ccn(-c2ccc(-c3cc(F)cc(-c4cc(N5CC=NCC5)c5cn[nH]c5c4)c3O)cc2Cl)c1=O. The fourth-order valence-electron chi connectivity index (χ4n) is 4.74. The zero-order valence-electron chi connectivity index (χ0n) is 19.8. The molecular weight excluding hydrogens is 495 g/mol. The molecule has 0 radical (unpaired) electrons. The molecule has 37 heavy (non-hydrogen) atoms. The van der Waals surface area contributed by atoms with Crippen molar-refractivity contribution in [2.24, 2.45) is 12.0 Å². The van der Waals surface area contributed by atoms with Gasteiger partial charge in [-0.1, -0.05) is 17.7 Å². The Labute approximate surface area is 215 Å². The number of fused-ring (bicyclic) bond motifs is 1. The van der Waals surface area contributed by atoms with E-state index < -0.39 is 5.82 Å². The third-order valence-corrected chi connectivity index (χ3v) is 6.96. The van der Waals surface area contributed by atoms with Crippen LogP contribution in [-0.2, 0) is 7.05 Å². The number of hydrogen-bond acceptors (Lipinski definition) is 5. The van der Waals surface area contributed by atoms with Gasteiger partial charge in [-0.05, 0) is 47.5 Å². The molecule has 2 N–H and O–H groups in total. The van der Waals surface area contributed by atoms with E-state index in [1.807, 2.05) is 18.3 Å². The number of benzene rings is 3. The van der Waals surface area contributed by atoms with Gasteiger partial charge in [0.25, 0.3) is 0 Å². The number of aromatic hydroxyl groups is 1. The first kappa shape index (κ1) is 23.1. The second-order valence-corrected chi connectivity index (χ2v) is 9.35. The highest BCUT2D eigenvalue weighted by atomic mass is 35.5. The first-order valence-corrected chi connectivity index (χ1v) is 12.1. The maximum Gasteiger partial charge on any atom is 0.332 e. The van der Waals surface area contributed by atoms with Gasteiger partial charge in [-0.2, -0.15) is 5.10 Å². The molecule has 0 saturated heterocycles. The van der Waals surface area contributed by atoms with E-state index >= 15 is 0 Å². The van der Waals surface area contributed by atoms with Crippen LogP contribution in [0.15, 0.2) is 70.8 Å². The maximum absolute atomic E-state index is 14.9. The molecule has 0 saturated carbocycles. The van der Waals surface area contributed by atoms with E-state index in [0.29, 0.717) is 46.1 Å². The Morgan fingerprint density at radius 1 is 1.05 bits per heavy atom. The third kappa shape index (κ3) is 3.97. The van der Waals surface area contributed by atoms with E-state index in [9.17, 15) is 14.3 Å². The molecule has 8 nitrogen and oxygen atoms in total. The summed E-state index contributed by atoms with van der Waals surface area (Å²) in [6.45, 7) is 2.08. The van der Waals surface area contributed by atoms with Gasteiger partial charge in [0.15, 0.2) is 0 Å². The number of imidazole rings is 1. The lowest BCUT2D eigenvalue weighted by Gasteiger charge is -2.26. The van der Waals surface area contributed by atoms with Crippen LogP contribution in [0.3, 0.4) is 0 Å². The van der Waals surface area contributed by atoms with Gasteiger partial charge in [0.1, 0.15) is 11.6 Å². The first-order valence-electron chi connectivity index (χ1n) is 11.7. The van der Waals surface area contributed by atoms with Gasteiger partial charge in [0.2, 0.25) is 0 Å². The molecule has 0 atom stereocenters. The number of anilines is 1. The van der Waals surface area contributed by atoms with Crippen molar-refractivity contribution in [2.45, 2.75) is 0 Å². The van der Waals surface area contributed by atoms with Crippen LogP contribution in [0, 0.1) is 5.82 Å². The number of rotatable bonds is 4. The minimum absolute atomic E-state index is 0.0767. The number of phenolic OH excluding ortho intramolecular Hbond substituents is 1. The molecule has 0 spiro atoms. The summed E-state index contributed by atoms with van der Waals surface area (Å²) in [7, 11) is 1.65. The third-order valence-electron chi connectivity index (χ3n) is 6.66. The Morgan fingerprint density at radius 3 is 2.57 bits per heavy atom. The smallest absolute Gasteiger partial charge is 0.332 e. The van der Waals surface area contributed by atoms with Crippen LogP contribution in [0.2, 0.25) is 5.02 Å². The Morgan fingerprint density at radius 2 is 1.86 bits per heavy atom. The van der Waals surface area contributed by atoms with Crippen LogP contribution in [-0.4, -0.2) is 50.3 Å². The summed E-state index contributed by atoms with van der Waals surface area (Å²) >= 11 is 6.53. The molecule has 1 aliphatic rings. The topological polar surface area (TPSA) is 91.4 Å². The molecule has 0 unspecified atom stereocenters. The Bertz CT molecular complexity index is 1750. The second-order valence-electron chi connectivity index (χ2n) is 8.94. The zero-order chi connectivity index (χ0) is 25.7. The predicted molar refractivity (Wildman–Crippen MR) is 144 cm³/mol. The molecule has 5 aromatic rings. The lowest BCUT2D eigenvalue weighted by Crippen LogP contribution is -2.31. The maximum atomic E-state index is 14.9. The highest BCUT2D eigenvalue weighted by Gasteiger charge is 2.19. The van der Waals surface area contributed by atoms with Crippen LogP contribution >= 0.6 is 11.6 Å². The summed E-state index contributed by atoms with van der Waals surface area (Å²) in [5.41, 5.74) is 3.76. The van der Waals surface area contributed by atoms with E-state index in [4.69, 9.17) is 11.6 Å². The number of aromatic nitrogens is 4. The number of aliphatic imine (C=N–C) groups is 1. The van der Waals surface area contributed by atoms with Crippen molar-refractivity contribution in [1.29, 1.82) is 0 Å². The first-order chi connectivity index (χ1) is 17.9. The lowest BCUT2D eigenvalue weighted by atomic mass is 9.95. The quantitative estimate of drug-likeness (QED) is 0.360. The lowest BCUT2D eigenvalue weighted by molar-refractivity contribution is 0.477. The van der Waals surface area contributed by atoms with Gasteiger partial charge in [-0.3, -0.25) is 14.7 Å². The molecule has 0 bridgehead atoms. The molecule has 6 rings (SSSR count). The predicted octanol–water partition coefficient (Wildman–Crippen LogP) is 4.78.